The molecule has 1 heterocycles. The Balaban J connectivity index is 0.00000407. The Hall–Kier alpha value is -0.940. The predicted molar refractivity (Wildman–Crippen MR) is 122 cm³/mol. The van der Waals surface area contributed by atoms with Gasteiger partial charge in [0.05, 0.1) is 32.5 Å². The van der Waals surface area contributed by atoms with Crippen LogP contribution in [0.25, 0.3) is 0 Å². The lowest BCUT2D eigenvalue weighted by atomic mass is 9.94. The smallest absolute Gasteiger partial charge is 0.195 e. The second-order valence-corrected chi connectivity index (χ2v) is 8.23. The molecule has 1 saturated heterocycles. The highest BCUT2D eigenvalue weighted by atomic mass is 19.2. The summed E-state index contributed by atoms with van der Waals surface area (Å²) >= 11 is 0. The lowest BCUT2D eigenvalue weighted by molar-refractivity contribution is -0.0578. The molecule has 0 spiro atoms. The topological polar surface area (TPSA) is 27.7 Å². The van der Waals surface area contributed by atoms with Crippen molar-refractivity contribution >= 4 is 0 Å². The summed E-state index contributed by atoms with van der Waals surface area (Å²) in [4.78, 5) is 0. The van der Waals surface area contributed by atoms with Crippen molar-refractivity contribution in [3.05, 3.63) is 23.0 Å². The minimum Gasteiger partial charge on any atom is -0.498 e. The van der Waals surface area contributed by atoms with E-state index in [1.54, 1.807) is 6.92 Å². The number of halogens is 2. The number of allylic oxidation sites excluding steroid dienone is 4. The van der Waals surface area contributed by atoms with Crippen LogP contribution in [-0.4, -0.2) is 32.5 Å². The number of ether oxygens (including phenoxy) is 3. The summed E-state index contributed by atoms with van der Waals surface area (Å²) in [6.45, 7) is 14.7. The molecular formula is C25H46F2O3. The standard InChI is InChI=1S/C23H40F2O3.C2H6/c1-7-8-9-21-13-12-20(15-28-21)14-27-17(3)11-10-16(2)18(4)22(24)23(25)19(5)26-6;1-2/h16-17,20-21H,7-15H2,1-6H3;1-2H3/b22-18-,23-19-;. The van der Waals surface area contributed by atoms with Crippen LogP contribution in [0.5, 0.6) is 0 Å². The highest BCUT2D eigenvalue weighted by Gasteiger charge is 2.22. The quantitative estimate of drug-likeness (QED) is 0.232. The Bertz CT molecular complexity index is 509. The maximum Gasteiger partial charge on any atom is 0.195 e. The van der Waals surface area contributed by atoms with Gasteiger partial charge in [-0.05, 0) is 64.4 Å². The fourth-order valence-corrected chi connectivity index (χ4v) is 3.37. The molecule has 0 aromatic heterocycles. The van der Waals surface area contributed by atoms with E-state index in [1.807, 2.05) is 27.7 Å². The van der Waals surface area contributed by atoms with Gasteiger partial charge in [-0.3, -0.25) is 0 Å². The van der Waals surface area contributed by atoms with E-state index in [0.29, 0.717) is 24.2 Å². The van der Waals surface area contributed by atoms with Crippen LogP contribution >= 0.6 is 0 Å². The van der Waals surface area contributed by atoms with Crippen LogP contribution < -0.4 is 0 Å². The van der Waals surface area contributed by atoms with E-state index in [1.165, 1.54) is 33.3 Å². The third-order valence-electron chi connectivity index (χ3n) is 5.86. The number of methoxy groups -OCH3 is 1. The van der Waals surface area contributed by atoms with Crippen LogP contribution in [0.4, 0.5) is 8.78 Å². The molecule has 0 bridgehead atoms. The SMILES string of the molecule is CC.CCCCC1CCC(COC(C)CCC(C)/C(C)=C(F)/C(F)=C(\C)OC)CO1. The predicted octanol–water partition coefficient (Wildman–Crippen LogP) is 7.91. The summed E-state index contributed by atoms with van der Waals surface area (Å²) in [6, 6.07) is 0. The Morgan fingerprint density at radius 3 is 2.27 bits per heavy atom. The molecule has 0 aromatic carbocycles. The minimum atomic E-state index is -0.911. The first-order valence-electron chi connectivity index (χ1n) is 11.8. The van der Waals surface area contributed by atoms with E-state index in [4.69, 9.17) is 14.2 Å². The van der Waals surface area contributed by atoms with Gasteiger partial charge in [-0.25, -0.2) is 8.78 Å². The fraction of sp³-hybridized carbons (Fsp3) is 0.840. The lowest BCUT2D eigenvalue weighted by Gasteiger charge is -2.29. The van der Waals surface area contributed by atoms with Crippen LogP contribution in [0.2, 0.25) is 0 Å². The number of unbranched alkanes of at least 4 members (excludes halogenated alkanes) is 1. The molecule has 0 aromatic rings. The summed E-state index contributed by atoms with van der Waals surface area (Å²) < 4.78 is 44.9. The van der Waals surface area contributed by atoms with Gasteiger partial charge in [-0.15, -0.1) is 0 Å². The van der Waals surface area contributed by atoms with Gasteiger partial charge in [0, 0.05) is 5.92 Å². The molecule has 4 unspecified atom stereocenters. The zero-order chi connectivity index (χ0) is 23.1. The van der Waals surface area contributed by atoms with Crippen molar-refractivity contribution in [2.24, 2.45) is 11.8 Å². The van der Waals surface area contributed by atoms with Crippen molar-refractivity contribution in [1.29, 1.82) is 0 Å². The van der Waals surface area contributed by atoms with Gasteiger partial charge in [0.1, 0.15) is 5.76 Å². The Kier molecular flexibility index (Phi) is 16.2. The van der Waals surface area contributed by atoms with E-state index in [0.717, 1.165) is 32.3 Å². The summed E-state index contributed by atoms with van der Waals surface area (Å²) in [5, 5.41) is 0. The van der Waals surface area contributed by atoms with Crippen molar-refractivity contribution in [2.75, 3.05) is 20.3 Å². The van der Waals surface area contributed by atoms with Crippen LogP contribution in [0.3, 0.4) is 0 Å². The molecule has 0 aliphatic carbocycles. The minimum absolute atomic E-state index is 0.0348. The summed E-state index contributed by atoms with van der Waals surface area (Å²) in [5.41, 5.74) is 0.417. The van der Waals surface area contributed by atoms with Crippen LogP contribution in [0, 0.1) is 11.8 Å². The molecule has 30 heavy (non-hydrogen) atoms. The molecule has 0 N–H and O–H groups in total. The molecule has 178 valence electrons. The lowest BCUT2D eigenvalue weighted by Crippen LogP contribution is -2.29. The second-order valence-electron chi connectivity index (χ2n) is 8.23. The van der Waals surface area contributed by atoms with Crippen molar-refractivity contribution in [3.63, 3.8) is 0 Å². The Morgan fingerprint density at radius 1 is 1.07 bits per heavy atom. The largest absolute Gasteiger partial charge is 0.498 e. The highest BCUT2D eigenvalue weighted by molar-refractivity contribution is 5.27. The molecule has 3 nitrogen and oxygen atoms in total. The van der Waals surface area contributed by atoms with Gasteiger partial charge in [0.25, 0.3) is 0 Å². The number of hydrogen-bond donors (Lipinski definition) is 0. The van der Waals surface area contributed by atoms with Crippen molar-refractivity contribution in [2.45, 2.75) is 106 Å². The van der Waals surface area contributed by atoms with Gasteiger partial charge >= 0.3 is 0 Å². The maximum absolute atomic E-state index is 14.2. The second kappa shape index (κ2) is 16.7. The van der Waals surface area contributed by atoms with Crippen LogP contribution in [0.1, 0.15) is 93.4 Å². The average Bonchev–Trinajstić information content (AvgIpc) is 2.79. The summed E-state index contributed by atoms with van der Waals surface area (Å²) in [5.74, 6) is -1.35. The van der Waals surface area contributed by atoms with Crippen molar-refractivity contribution in [1.82, 2.24) is 0 Å². The molecule has 5 heteroatoms. The molecule has 1 aliphatic rings. The van der Waals surface area contributed by atoms with E-state index < -0.39 is 11.7 Å². The Labute approximate surface area is 184 Å². The van der Waals surface area contributed by atoms with Crippen LogP contribution in [0.15, 0.2) is 23.0 Å². The van der Waals surface area contributed by atoms with Gasteiger partial charge in [0.2, 0.25) is 0 Å². The number of rotatable bonds is 12. The van der Waals surface area contributed by atoms with E-state index in [-0.39, 0.29) is 17.8 Å². The molecule has 1 aliphatic heterocycles. The van der Waals surface area contributed by atoms with Gasteiger partial charge in [-0.1, -0.05) is 40.5 Å². The third-order valence-corrected chi connectivity index (χ3v) is 5.86. The van der Waals surface area contributed by atoms with Gasteiger partial charge < -0.3 is 14.2 Å². The summed E-state index contributed by atoms with van der Waals surface area (Å²) in [7, 11) is 1.34. The first-order valence-corrected chi connectivity index (χ1v) is 11.8. The van der Waals surface area contributed by atoms with Crippen LogP contribution in [-0.2, 0) is 14.2 Å². The highest BCUT2D eigenvalue weighted by Crippen LogP contribution is 2.29. The molecule has 1 rings (SSSR count). The third kappa shape index (κ3) is 10.9. The normalized spacial score (nSPS) is 22.9. The molecule has 0 saturated carbocycles. The Morgan fingerprint density at radius 2 is 1.73 bits per heavy atom. The van der Waals surface area contributed by atoms with Gasteiger partial charge in [-0.2, -0.15) is 0 Å². The van der Waals surface area contributed by atoms with Crippen molar-refractivity contribution < 1.29 is 23.0 Å². The fourth-order valence-electron chi connectivity index (χ4n) is 3.37. The first kappa shape index (κ1) is 29.1. The zero-order valence-electron chi connectivity index (χ0n) is 20.7. The molecular weight excluding hydrogens is 386 g/mol. The van der Waals surface area contributed by atoms with Gasteiger partial charge in [0.15, 0.2) is 11.7 Å². The first-order chi connectivity index (χ1) is 14.3. The maximum atomic E-state index is 14.2. The monoisotopic (exact) mass is 432 g/mol. The molecule has 0 amide bonds. The van der Waals surface area contributed by atoms with E-state index in [9.17, 15) is 8.78 Å². The average molecular weight is 433 g/mol. The molecule has 1 fully saturated rings. The van der Waals surface area contributed by atoms with E-state index in [2.05, 4.69) is 6.92 Å². The van der Waals surface area contributed by atoms with Crippen molar-refractivity contribution in [3.8, 4) is 0 Å². The summed E-state index contributed by atoms with van der Waals surface area (Å²) in [6.07, 6.45) is 8.00. The zero-order valence-corrected chi connectivity index (χ0v) is 20.7. The molecule has 4 atom stereocenters. The number of hydrogen-bond acceptors (Lipinski definition) is 3. The van der Waals surface area contributed by atoms with E-state index >= 15 is 0 Å². The molecule has 0 radical (unpaired) electrons.